The minimum atomic E-state index is -4.18. The summed E-state index contributed by atoms with van der Waals surface area (Å²) in [7, 11) is -2.55. The number of nitrogens with one attached hydrogen (secondary N) is 1. The van der Waals surface area contributed by atoms with Crippen molar-refractivity contribution in [3.8, 4) is 34.5 Å². The second-order valence-electron chi connectivity index (χ2n) is 24.3. The molecule has 2 aromatic heterocycles. The Hall–Kier alpha value is -8.30. The first-order valence-electron chi connectivity index (χ1n) is 32.8. The van der Waals surface area contributed by atoms with Crippen molar-refractivity contribution in [2.75, 3.05) is 156 Å². The maximum absolute atomic E-state index is 14.3. The van der Waals surface area contributed by atoms with Crippen LogP contribution in [0.4, 0.5) is 11.4 Å². The van der Waals surface area contributed by atoms with E-state index in [0.717, 1.165) is 63.5 Å². The Kier molecular flexibility index (Phi) is 26.8. The van der Waals surface area contributed by atoms with E-state index in [1.165, 1.54) is 74.3 Å². The van der Waals surface area contributed by atoms with E-state index < -0.39 is 50.3 Å². The number of carboxylic acid groups (broad SMARTS) is 1. The number of amides is 1. The normalized spacial score (nSPS) is 17.9. The Morgan fingerprint density at radius 3 is 1.38 bits per heavy atom. The molecule has 6 aromatic carbocycles. The van der Waals surface area contributed by atoms with Crippen LogP contribution in [0.2, 0.25) is 0 Å². The van der Waals surface area contributed by atoms with Crippen LogP contribution < -0.4 is 67.5 Å². The molecule has 0 saturated carbocycles. The van der Waals surface area contributed by atoms with Gasteiger partial charge in [0.25, 0.3) is 0 Å². The number of aromatic nitrogens is 2. The molecular formula is C72H87LiN10O15S2. The number of carbonyl (C=O) groups is 2. The van der Waals surface area contributed by atoms with Crippen LogP contribution in [0.1, 0.15) is 11.1 Å². The number of para-hydroxylation sites is 2. The number of aliphatic carboxylic acids is 1. The molecule has 6 heterocycles. The van der Waals surface area contributed by atoms with Crippen LogP contribution in [0.25, 0.3) is 21.8 Å². The molecule has 25 nitrogen and oxygen atoms in total. The fourth-order valence-electron chi connectivity index (χ4n) is 12.8. The molecule has 12 rings (SSSR count). The summed E-state index contributed by atoms with van der Waals surface area (Å²) in [5.41, 5.74) is 6.62. The molecule has 4 saturated heterocycles. The maximum atomic E-state index is 14.3. The number of piperazine rings is 4. The smallest absolute Gasteiger partial charge is 0.548 e. The van der Waals surface area contributed by atoms with Gasteiger partial charge in [-0.3, -0.25) is 24.6 Å². The number of sulfonamides is 2. The van der Waals surface area contributed by atoms with Gasteiger partial charge >= 0.3 is 18.9 Å². The summed E-state index contributed by atoms with van der Waals surface area (Å²) in [6, 6.07) is 41.3. The zero-order chi connectivity index (χ0) is 70.2. The van der Waals surface area contributed by atoms with Crippen LogP contribution >= 0.6 is 0 Å². The van der Waals surface area contributed by atoms with E-state index in [4.69, 9.17) is 28.4 Å². The van der Waals surface area contributed by atoms with Crippen LogP contribution in [-0.2, 0) is 29.6 Å². The van der Waals surface area contributed by atoms with Crippen LogP contribution in [0.3, 0.4) is 0 Å². The molecule has 0 radical (unpaired) electrons. The van der Waals surface area contributed by atoms with E-state index in [-0.39, 0.29) is 105 Å². The molecule has 100 heavy (non-hydrogen) atoms. The number of methoxy groups -OCH3 is 4. The minimum absolute atomic E-state index is 0. The number of aliphatic hydroxyl groups is 2. The van der Waals surface area contributed by atoms with Crippen LogP contribution in [0, 0.1) is 13.8 Å². The summed E-state index contributed by atoms with van der Waals surface area (Å²) < 4.78 is 90.0. The summed E-state index contributed by atoms with van der Waals surface area (Å²) in [6.07, 6.45) is 1.57. The number of carbonyl (C=O) groups excluding carboxylic acids is 2. The molecule has 0 aliphatic carbocycles. The number of anilines is 2. The number of aliphatic hydroxyl groups excluding tert-OH is 2. The van der Waals surface area contributed by atoms with Crippen molar-refractivity contribution < 1.29 is 89.0 Å². The largest absolute Gasteiger partial charge is 1.00 e. The molecule has 28 heteroatoms. The number of β-amino-alcohol motifs (C(OH)–C–C–N with tert-alkyl or cyclic N) is 2. The molecule has 4 atom stereocenters. The van der Waals surface area contributed by atoms with E-state index in [1.807, 2.05) is 59.5 Å². The van der Waals surface area contributed by atoms with Gasteiger partial charge in [-0.05, 0) is 110 Å². The molecule has 8 aromatic rings. The van der Waals surface area contributed by atoms with Gasteiger partial charge in [-0.1, -0.05) is 48.5 Å². The van der Waals surface area contributed by atoms with Crippen molar-refractivity contribution in [3.63, 3.8) is 0 Å². The topological polar surface area (TPSA) is 282 Å². The van der Waals surface area contributed by atoms with E-state index >= 15 is 0 Å². The van der Waals surface area contributed by atoms with Crippen molar-refractivity contribution in [2.24, 2.45) is 0 Å². The van der Waals surface area contributed by atoms with Gasteiger partial charge in [-0.15, -0.1) is 0 Å². The second kappa shape index (κ2) is 35.3. The molecule has 4 aliphatic heterocycles. The van der Waals surface area contributed by atoms with Crippen molar-refractivity contribution in [1.29, 1.82) is 0 Å². The number of nitrogens with zero attached hydrogens (tertiary/aromatic N) is 9. The standard InChI is InChI=1S/C36H43N5O7S.C25H29N3O8S.C11H16N2.Li/c1-26-8-4-5-11-31(26)39-17-19-40(20-18-39)36(43)32-24-38(23-27(42)25-48-33-12-6-10-30-29(33)9-7-15-37-30)16-21-41(32)49(44,45)28-13-14-34(46-2)35(22-28)47-3;1-34-23-9-8-18(13-24(23)35-2)37(32,33)28-12-11-27(15-21(28)25(30)31)14-17(29)16-36-22-7-3-6-20-19(22)5-4-10-26-20;1-10-4-2-3-5-11(10)13-8-6-12-7-9-13;/h4-15,22,27,32,42H,16-21,23-25H2,1-3H3;3-10,13,17,21,29H,11-12,14-16H2,1-2H3,(H,30,31);2-5,12H,6-9H2,1H3;/q;;;+1/p-1/t27-,32?;17-,21?;;/m11../s1. The Morgan fingerprint density at radius 1 is 0.510 bits per heavy atom. The van der Waals surface area contributed by atoms with Gasteiger partial charge < -0.3 is 68.6 Å². The predicted octanol–water partition coefficient (Wildman–Crippen LogP) is 1.55. The molecule has 3 N–H and O–H groups in total. The third-order valence-corrected chi connectivity index (χ3v) is 21.8. The number of hydrogen-bond acceptors (Lipinski definition) is 22. The predicted molar refractivity (Wildman–Crippen MR) is 375 cm³/mol. The van der Waals surface area contributed by atoms with E-state index in [2.05, 4.69) is 75.3 Å². The number of aryl methyl sites for hydroxylation is 2. The fraction of sp³-hybridized carbons (Fsp3) is 0.389. The van der Waals surface area contributed by atoms with Crippen molar-refractivity contribution in [2.45, 2.75) is 47.9 Å². The number of pyridine rings is 2. The van der Waals surface area contributed by atoms with Gasteiger partial charge in [0.1, 0.15) is 43.0 Å². The number of hydrogen-bond donors (Lipinski definition) is 3. The average Bonchev–Trinajstić information content (AvgIpc) is 0.778. The molecule has 4 aliphatic rings. The summed E-state index contributed by atoms with van der Waals surface area (Å²) in [4.78, 5) is 44.8. The summed E-state index contributed by atoms with van der Waals surface area (Å²) in [6.45, 7) is 11.7. The average molecular weight is 1400 g/mol. The summed E-state index contributed by atoms with van der Waals surface area (Å²) in [5.74, 6) is 0.645. The third kappa shape index (κ3) is 18.4. The Morgan fingerprint density at radius 2 is 0.940 bits per heavy atom. The molecular weight excluding hydrogens is 1320 g/mol. The molecule has 1 amide bonds. The van der Waals surface area contributed by atoms with Crippen LogP contribution in [-0.4, -0.2) is 243 Å². The second-order valence-corrected chi connectivity index (χ2v) is 28.1. The number of carboxylic acids is 1. The van der Waals surface area contributed by atoms with Gasteiger partial charge in [-0.2, -0.15) is 8.61 Å². The molecule has 2 unspecified atom stereocenters. The zero-order valence-electron chi connectivity index (χ0n) is 57.6. The minimum Gasteiger partial charge on any atom is -0.548 e. The zero-order valence-corrected chi connectivity index (χ0v) is 59.2. The third-order valence-electron chi connectivity index (χ3n) is 17.9. The maximum Gasteiger partial charge on any atom is 1.00 e. The monoisotopic (exact) mass is 1400 g/mol. The number of ether oxygens (including phenoxy) is 6. The van der Waals surface area contributed by atoms with Crippen molar-refractivity contribution in [1.82, 2.24) is 38.6 Å². The van der Waals surface area contributed by atoms with Gasteiger partial charge in [-0.25, -0.2) is 16.8 Å². The van der Waals surface area contributed by atoms with Crippen molar-refractivity contribution >= 4 is 65.1 Å². The first-order valence-corrected chi connectivity index (χ1v) is 35.7. The Bertz CT molecular complexity index is 4270. The number of benzene rings is 6. The van der Waals surface area contributed by atoms with Gasteiger partial charge in [0, 0.05) is 151 Å². The number of rotatable bonds is 22. The SMILES string of the molecule is COc1ccc(S(=O)(=O)N2CCN(C[C@@H](O)COc3cccc4ncccc34)CC2C(=O)N2CCN(c3ccccc3C)CC2)cc1OC.COc1ccc(S(=O)(=O)N2CCN(C[C@@H](O)COc3cccc4ncccc34)CC2C(=O)[O-])cc1OC.Cc1ccccc1N1CCNCC1.[Li+]. The molecule has 0 spiro atoms. The Labute approximate surface area is 597 Å². The first-order chi connectivity index (χ1) is 47.8. The van der Waals surface area contributed by atoms with E-state index in [1.54, 1.807) is 46.5 Å². The van der Waals surface area contributed by atoms with Crippen LogP contribution in [0.5, 0.6) is 34.5 Å². The first kappa shape index (κ1) is 75.9. The number of fused-ring (bicyclic) bond motifs is 2. The van der Waals surface area contributed by atoms with Gasteiger partial charge in [0.15, 0.2) is 23.0 Å². The molecule has 4 fully saturated rings. The summed E-state index contributed by atoms with van der Waals surface area (Å²) in [5, 5.41) is 38.6. The molecule has 0 bridgehead atoms. The summed E-state index contributed by atoms with van der Waals surface area (Å²) >= 11 is 0. The Balaban J connectivity index is 0.000000200. The molecule has 528 valence electrons. The van der Waals surface area contributed by atoms with Gasteiger partial charge in [0.2, 0.25) is 26.0 Å². The fourth-order valence-corrected chi connectivity index (χ4v) is 15.9. The van der Waals surface area contributed by atoms with Crippen LogP contribution in [0.15, 0.2) is 168 Å². The van der Waals surface area contributed by atoms with Gasteiger partial charge in [0.05, 0.1) is 61.3 Å². The van der Waals surface area contributed by atoms with E-state index in [9.17, 15) is 41.7 Å². The quantitative estimate of drug-likeness (QED) is 0.0812. The van der Waals surface area contributed by atoms with E-state index in [0.29, 0.717) is 55.7 Å². The van der Waals surface area contributed by atoms with Crippen molar-refractivity contribution in [3.05, 3.63) is 169 Å².